The molecule has 1 fully saturated rings. The third kappa shape index (κ3) is 3.90. The normalized spacial score (nSPS) is 18.4. The lowest BCUT2D eigenvalue weighted by Crippen LogP contribution is -2.26. The van der Waals surface area contributed by atoms with Crippen LogP contribution in [0.25, 0.3) is 5.69 Å². The van der Waals surface area contributed by atoms with Crippen molar-refractivity contribution in [1.29, 1.82) is 0 Å². The molecule has 1 aliphatic heterocycles. The van der Waals surface area contributed by atoms with Gasteiger partial charge in [0.2, 0.25) is 0 Å². The molecular formula is C19H27BrN4. The summed E-state index contributed by atoms with van der Waals surface area (Å²) in [4.78, 5) is 2.54. The van der Waals surface area contributed by atoms with Crippen LogP contribution >= 0.6 is 15.9 Å². The molecule has 0 aliphatic carbocycles. The van der Waals surface area contributed by atoms with Crippen molar-refractivity contribution in [3.8, 4) is 5.69 Å². The average molecular weight is 391 g/mol. The molecule has 2 aromatic rings. The molecular weight excluding hydrogens is 364 g/mol. The summed E-state index contributed by atoms with van der Waals surface area (Å²) in [5.41, 5.74) is 4.77. The number of halogens is 1. The molecule has 4 nitrogen and oxygen atoms in total. The van der Waals surface area contributed by atoms with Crippen LogP contribution in [0.5, 0.6) is 0 Å². The highest BCUT2D eigenvalue weighted by molar-refractivity contribution is 9.10. The Kier molecular flexibility index (Phi) is 5.74. The largest absolute Gasteiger partial charge is 0.312 e. The van der Waals surface area contributed by atoms with E-state index in [2.05, 4.69) is 71.2 Å². The molecule has 3 rings (SSSR count). The van der Waals surface area contributed by atoms with E-state index in [9.17, 15) is 0 Å². The zero-order valence-electron chi connectivity index (χ0n) is 14.8. The van der Waals surface area contributed by atoms with E-state index in [4.69, 9.17) is 5.10 Å². The fourth-order valence-corrected chi connectivity index (χ4v) is 3.80. The first-order valence-corrected chi connectivity index (χ1v) is 9.62. The maximum Gasteiger partial charge on any atom is 0.0649 e. The second-order valence-corrected chi connectivity index (χ2v) is 7.63. The Morgan fingerprint density at radius 1 is 1.25 bits per heavy atom. The van der Waals surface area contributed by atoms with Crippen LogP contribution in [0.3, 0.4) is 0 Å². The zero-order valence-corrected chi connectivity index (χ0v) is 16.4. The number of nitrogens with one attached hydrogen (secondary N) is 1. The molecule has 1 aromatic carbocycles. The minimum Gasteiger partial charge on any atom is -0.312 e. The number of likely N-dealkylation sites (tertiary alicyclic amines) is 1. The average Bonchev–Trinajstić information content (AvgIpc) is 3.15. The number of nitrogens with zero attached hydrogens (tertiary/aromatic N) is 3. The van der Waals surface area contributed by atoms with Gasteiger partial charge in [-0.15, -0.1) is 0 Å². The summed E-state index contributed by atoms with van der Waals surface area (Å²) in [6.07, 6.45) is 1.32. The first-order valence-electron chi connectivity index (χ1n) is 8.82. The molecule has 5 heteroatoms. The summed E-state index contributed by atoms with van der Waals surface area (Å²) in [7, 11) is 0. The third-order valence-corrected chi connectivity index (χ3v) is 5.59. The highest BCUT2D eigenvalue weighted by Gasteiger charge is 2.21. The van der Waals surface area contributed by atoms with Crippen LogP contribution in [0.4, 0.5) is 0 Å². The van der Waals surface area contributed by atoms with Crippen molar-refractivity contribution >= 4 is 15.9 Å². The highest BCUT2D eigenvalue weighted by atomic mass is 79.9. The maximum absolute atomic E-state index is 4.74. The van der Waals surface area contributed by atoms with Crippen LogP contribution in [0, 0.1) is 19.8 Å². The van der Waals surface area contributed by atoms with Gasteiger partial charge < -0.3 is 10.2 Å². The second kappa shape index (κ2) is 7.81. The lowest BCUT2D eigenvalue weighted by atomic mass is 10.1. The van der Waals surface area contributed by atoms with Crippen molar-refractivity contribution in [2.45, 2.75) is 33.7 Å². The number of rotatable bonds is 6. The van der Waals surface area contributed by atoms with Gasteiger partial charge in [0, 0.05) is 28.8 Å². The Morgan fingerprint density at radius 2 is 2.00 bits per heavy atom. The van der Waals surface area contributed by atoms with Crippen LogP contribution in [0.15, 0.2) is 28.7 Å². The number of benzene rings is 1. The van der Waals surface area contributed by atoms with Gasteiger partial charge in [0.1, 0.15) is 0 Å². The fraction of sp³-hybridized carbons (Fsp3) is 0.526. The van der Waals surface area contributed by atoms with Crippen LogP contribution in [-0.2, 0) is 6.54 Å². The van der Waals surface area contributed by atoms with Crippen LogP contribution in [-0.4, -0.2) is 40.9 Å². The zero-order chi connectivity index (χ0) is 17.1. The molecule has 1 aliphatic rings. The van der Waals surface area contributed by atoms with E-state index in [1.54, 1.807) is 0 Å². The Balaban J connectivity index is 1.63. The van der Waals surface area contributed by atoms with Gasteiger partial charge in [0.15, 0.2) is 0 Å². The van der Waals surface area contributed by atoms with Crippen LogP contribution in [0.1, 0.15) is 30.3 Å². The van der Waals surface area contributed by atoms with E-state index in [0.29, 0.717) is 0 Å². The molecule has 0 radical (unpaired) electrons. The molecule has 1 atom stereocenters. The first-order chi connectivity index (χ1) is 11.6. The smallest absolute Gasteiger partial charge is 0.0649 e. The number of hydrogen-bond acceptors (Lipinski definition) is 3. The number of aromatic nitrogens is 2. The van der Waals surface area contributed by atoms with Crippen molar-refractivity contribution < 1.29 is 0 Å². The summed E-state index contributed by atoms with van der Waals surface area (Å²) in [5.74, 6) is 0.784. The van der Waals surface area contributed by atoms with Crippen molar-refractivity contribution in [3.63, 3.8) is 0 Å². The lowest BCUT2D eigenvalue weighted by molar-refractivity contribution is 0.339. The van der Waals surface area contributed by atoms with E-state index < -0.39 is 0 Å². The monoisotopic (exact) mass is 390 g/mol. The standard InChI is InChI=1S/C19H27BrN4/c1-4-23-10-9-16(13-23)11-21-12-19-14(2)22-24(15(19)3)18-7-5-17(20)6-8-18/h5-8,16,21H,4,9-13H2,1-3H3. The molecule has 0 spiro atoms. The second-order valence-electron chi connectivity index (χ2n) is 6.72. The van der Waals surface area contributed by atoms with E-state index in [-0.39, 0.29) is 0 Å². The Morgan fingerprint density at radius 3 is 2.67 bits per heavy atom. The van der Waals surface area contributed by atoms with E-state index in [1.807, 2.05) is 4.68 Å². The molecule has 24 heavy (non-hydrogen) atoms. The third-order valence-electron chi connectivity index (χ3n) is 5.06. The predicted molar refractivity (Wildman–Crippen MR) is 103 cm³/mol. The molecule has 0 saturated carbocycles. The number of hydrogen-bond donors (Lipinski definition) is 1. The van der Waals surface area contributed by atoms with Gasteiger partial charge in [-0.2, -0.15) is 5.10 Å². The summed E-state index contributed by atoms with van der Waals surface area (Å²) in [6.45, 7) is 12.2. The van der Waals surface area contributed by atoms with Crippen LogP contribution in [0.2, 0.25) is 0 Å². The highest BCUT2D eigenvalue weighted by Crippen LogP contribution is 2.20. The molecule has 0 bridgehead atoms. The minimum absolute atomic E-state index is 0.784. The molecule has 1 aromatic heterocycles. The first kappa shape index (κ1) is 17.6. The Hall–Kier alpha value is -1.17. The Labute approximate surface area is 153 Å². The van der Waals surface area contributed by atoms with Crippen molar-refractivity contribution in [2.75, 3.05) is 26.2 Å². The van der Waals surface area contributed by atoms with Gasteiger partial charge in [-0.05, 0) is 70.1 Å². The molecule has 0 amide bonds. The van der Waals surface area contributed by atoms with Gasteiger partial charge >= 0.3 is 0 Å². The molecule has 130 valence electrons. The summed E-state index contributed by atoms with van der Waals surface area (Å²) in [5, 5.41) is 8.40. The van der Waals surface area contributed by atoms with Crippen molar-refractivity contribution in [3.05, 3.63) is 45.7 Å². The van der Waals surface area contributed by atoms with E-state index in [1.165, 1.54) is 37.3 Å². The van der Waals surface area contributed by atoms with Crippen molar-refractivity contribution in [1.82, 2.24) is 20.0 Å². The SMILES string of the molecule is CCN1CCC(CNCc2c(C)nn(-c3ccc(Br)cc3)c2C)C1. The maximum atomic E-state index is 4.74. The molecule has 1 saturated heterocycles. The predicted octanol–water partition coefficient (Wildman–Crippen LogP) is 3.68. The lowest BCUT2D eigenvalue weighted by Gasteiger charge is -2.14. The topological polar surface area (TPSA) is 33.1 Å². The van der Waals surface area contributed by atoms with Gasteiger partial charge in [-0.25, -0.2) is 4.68 Å². The van der Waals surface area contributed by atoms with Gasteiger partial charge in [-0.1, -0.05) is 22.9 Å². The van der Waals surface area contributed by atoms with Gasteiger partial charge in [0.25, 0.3) is 0 Å². The van der Waals surface area contributed by atoms with Gasteiger partial charge in [-0.3, -0.25) is 0 Å². The minimum atomic E-state index is 0.784. The summed E-state index contributed by atoms with van der Waals surface area (Å²) >= 11 is 3.49. The Bertz CT molecular complexity index is 677. The molecule has 1 N–H and O–H groups in total. The quantitative estimate of drug-likeness (QED) is 0.816. The molecule has 2 heterocycles. The number of aryl methyl sites for hydroxylation is 1. The van der Waals surface area contributed by atoms with Crippen molar-refractivity contribution in [2.24, 2.45) is 5.92 Å². The van der Waals surface area contributed by atoms with E-state index >= 15 is 0 Å². The van der Waals surface area contributed by atoms with Gasteiger partial charge in [0.05, 0.1) is 11.4 Å². The fourth-order valence-electron chi connectivity index (χ4n) is 3.53. The van der Waals surface area contributed by atoms with E-state index in [0.717, 1.165) is 34.9 Å². The van der Waals surface area contributed by atoms with Crippen LogP contribution < -0.4 is 5.32 Å². The molecule has 1 unspecified atom stereocenters. The summed E-state index contributed by atoms with van der Waals surface area (Å²) in [6, 6.07) is 8.31. The summed E-state index contributed by atoms with van der Waals surface area (Å²) < 4.78 is 3.14.